The van der Waals surface area contributed by atoms with Gasteiger partial charge >= 0.3 is 5.97 Å². The summed E-state index contributed by atoms with van der Waals surface area (Å²) in [6, 6.07) is 5.05. The van der Waals surface area contributed by atoms with Crippen LogP contribution in [0.5, 0.6) is 5.75 Å². The van der Waals surface area contributed by atoms with E-state index in [2.05, 4.69) is 4.74 Å². The van der Waals surface area contributed by atoms with Crippen molar-refractivity contribution in [3.63, 3.8) is 0 Å². The Kier molecular flexibility index (Phi) is 2.11. The predicted octanol–water partition coefficient (Wildman–Crippen LogP) is 1.67. The van der Waals surface area contributed by atoms with Crippen LogP contribution in [0.2, 0.25) is 0 Å². The van der Waals surface area contributed by atoms with Crippen LogP contribution >= 0.6 is 0 Å². The van der Waals surface area contributed by atoms with Crippen LogP contribution < -0.4 is 0 Å². The second-order valence-electron chi connectivity index (χ2n) is 3.35. The maximum atomic E-state index is 11.3. The number of aromatic nitrogens is 1. The molecule has 0 fully saturated rings. The van der Waals surface area contributed by atoms with E-state index in [1.165, 1.54) is 7.11 Å². The molecule has 2 aromatic rings. The van der Waals surface area contributed by atoms with Crippen LogP contribution in [-0.2, 0) is 11.8 Å². The van der Waals surface area contributed by atoms with Crippen LogP contribution in [0.15, 0.2) is 24.4 Å². The molecule has 1 heterocycles. The molecule has 2 rings (SSSR count). The average Bonchev–Trinajstić information content (AvgIpc) is 2.58. The molecule has 0 unspecified atom stereocenters. The van der Waals surface area contributed by atoms with E-state index in [0.29, 0.717) is 0 Å². The molecule has 1 aromatic heterocycles. The standard InChI is InChI=1S/C11H11NO3/c1-12-4-3-7-5-10(13)8(6-9(7)12)11(14)15-2/h3-6,13H,1-2H3. The molecule has 0 saturated heterocycles. The number of aryl methyl sites for hydroxylation is 1. The van der Waals surface area contributed by atoms with Gasteiger partial charge in [0.15, 0.2) is 0 Å². The van der Waals surface area contributed by atoms with Crippen LogP contribution in [0.25, 0.3) is 10.9 Å². The van der Waals surface area contributed by atoms with Crippen LogP contribution in [0.3, 0.4) is 0 Å². The lowest BCUT2D eigenvalue weighted by Gasteiger charge is -2.04. The van der Waals surface area contributed by atoms with Gasteiger partial charge in [-0.3, -0.25) is 0 Å². The fourth-order valence-electron chi connectivity index (χ4n) is 1.58. The number of esters is 1. The minimum absolute atomic E-state index is 0.0550. The minimum atomic E-state index is -0.532. The first-order chi connectivity index (χ1) is 7.13. The molecule has 0 amide bonds. The zero-order chi connectivity index (χ0) is 11.0. The lowest BCUT2D eigenvalue weighted by molar-refractivity contribution is 0.0597. The lowest BCUT2D eigenvalue weighted by Crippen LogP contribution is -2.01. The Labute approximate surface area is 86.7 Å². The Morgan fingerprint density at radius 3 is 2.87 bits per heavy atom. The summed E-state index contributed by atoms with van der Waals surface area (Å²) in [7, 11) is 3.16. The normalized spacial score (nSPS) is 10.5. The molecule has 78 valence electrons. The van der Waals surface area contributed by atoms with Gasteiger partial charge in [0.2, 0.25) is 0 Å². The molecular formula is C11H11NO3. The molecule has 0 atom stereocenters. The van der Waals surface area contributed by atoms with Gasteiger partial charge in [-0.05, 0) is 18.2 Å². The quantitative estimate of drug-likeness (QED) is 0.720. The molecule has 0 aliphatic carbocycles. The van der Waals surface area contributed by atoms with Crippen LogP contribution in [0, 0.1) is 0 Å². The van der Waals surface area contributed by atoms with Crippen molar-refractivity contribution < 1.29 is 14.6 Å². The highest BCUT2D eigenvalue weighted by atomic mass is 16.5. The monoisotopic (exact) mass is 205 g/mol. The number of fused-ring (bicyclic) bond motifs is 1. The van der Waals surface area contributed by atoms with E-state index >= 15 is 0 Å². The number of methoxy groups -OCH3 is 1. The molecule has 0 spiro atoms. The van der Waals surface area contributed by atoms with Gasteiger partial charge in [0.1, 0.15) is 11.3 Å². The number of carbonyl (C=O) groups is 1. The van der Waals surface area contributed by atoms with Gasteiger partial charge in [-0.25, -0.2) is 4.79 Å². The number of benzene rings is 1. The molecule has 1 aromatic carbocycles. The van der Waals surface area contributed by atoms with Gasteiger partial charge in [0, 0.05) is 24.1 Å². The maximum Gasteiger partial charge on any atom is 0.341 e. The van der Waals surface area contributed by atoms with E-state index in [1.54, 1.807) is 12.1 Å². The number of hydrogen-bond acceptors (Lipinski definition) is 3. The Morgan fingerprint density at radius 1 is 1.47 bits per heavy atom. The summed E-state index contributed by atoms with van der Waals surface area (Å²) in [5.74, 6) is -0.587. The summed E-state index contributed by atoms with van der Waals surface area (Å²) >= 11 is 0. The van der Waals surface area contributed by atoms with E-state index in [4.69, 9.17) is 0 Å². The number of phenols is 1. The van der Waals surface area contributed by atoms with E-state index in [9.17, 15) is 9.90 Å². The second-order valence-corrected chi connectivity index (χ2v) is 3.35. The lowest BCUT2D eigenvalue weighted by atomic mass is 10.1. The van der Waals surface area contributed by atoms with Gasteiger partial charge in [-0.15, -0.1) is 0 Å². The first kappa shape index (κ1) is 9.58. The van der Waals surface area contributed by atoms with Crippen LogP contribution in [-0.4, -0.2) is 22.8 Å². The SMILES string of the molecule is COC(=O)c1cc2c(ccn2C)cc1O. The number of carbonyl (C=O) groups excluding carboxylic acids is 1. The van der Waals surface area contributed by atoms with Gasteiger partial charge < -0.3 is 14.4 Å². The number of phenolic OH excluding ortho intramolecular Hbond substituents is 1. The highest BCUT2D eigenvalue weighted by Gasteiger charge is 2.13. The summed E-state index contributed by atoms with van der Waals surface area (Å²) < 4.78 is 6.45. The van der Waals surface area contributed by atoms with Crippen molar-refractivity contribution in [3.8, 4) is 5.75 Å². The van der Waals surface area contributed by atoms with Crippen LogP contribution in [0.1, 0.15) is 10.4 Å². The molecule has 1 N–H and O–H groups in total. The number of nitrogens with zero attached hydrogens (tertiary/aromatic N) is 1. The van der Waals surface area contributed by atoms with Gasteiger partial charge in [0.05, 0.1) is 7.11 Å². The van der Waals surface area contributed by atoms with Crippen LogP contribution in [0.4, 0.5) is 0 Å². The third kappa shape index (κ3) is 1.44. The second kappa shape index (κ2) is 3.31. The van der Waals surface area contributed by atoms with Crippen molar-refractivity contribution in [2.24, 2.45) is 7.05 Å². The van der Waals surface area contributed by atoms with Crippen molar-refractivity contribution in [2.75, 3.05) is 7.11 Å². The smallest absolute Gasteiger partial charge is 0.341 e. The predicted molar refractivity (Wildman–Crippen MR) is 55.9 cm³/mol. The number of aromatic hydroxyl groups is 1. The molecule has 0 saturated carbocycles. The Hall–Kier alpha value is -1.97. The Bertz CT molecular complexity index is 528. The average molecular weight is 205 g/mol. The summed E-state index contributed by atoms with van der Waals surface area (Å²) in [5, 5.41) is 10.5. The first-order valence-corrected chi connectivity index (χ1v) is 4.50. The van der Waals surface area contributed by atoms with Crippen molar-refractivity contribution in [1.82, 2.24) is 4.57 Å². The Morgan fingerprint density at radius 2 is 2.20 bits per heavy atom. The third-order valence-electron chi connectivity index (χ3n) is 2.41. The topological polar surface area (TPSA) is 51.5 Å². The minimum Gasteiger partial charge on any atom is -0.507 e. The highest BCUT2D eigenvalue weighted by Crippen LogP contribution is 2.25. The van der Waals surface area contributed by atoms with Crippen molar-refractivity contribution in [2.45, 2.75) is 0 Å². The van der Waals surface area contributed by atoms with Gasteiger partial charge in [-0.1, -0.05) is 0 Å². The van der Waals surface area contributed by atoms with E-state index in [-0.39, 0.29) is 11.3 Å². The molecule has 15 heavy (non-hydrogen) atoms. The fourth-order valence-corrected chi connectivity index (χ4v) is 1.58. The molecule has 0 aliphatic heterocycles. The molecule has 4 heteroatoms. The van der Waals surface area contributed by atoms with Crippen molar-refractivity contribution >= 4 is 16.9 Å². The van der Waals surface area contributed by atoms with Gasteiger partial charge in [0.25, 0.3) is 0 Å². The fraction of sp³-hybridized carbons (Fsp3) is 0.182. The first-order valence-electron chi connectivity index (χ1n) is 4.50. The summed E-state index contributed by atoms with van der Waals surface area (Å²) in [6.07, 6.45) is 1.87. The van der Waals surface area contributed by atoms with Crippen molar-refractivity contribution in [1.29, 1.82) is 0 Å². The highest BCUT2D eigenvalue weighted by molar-refractivity contribution is 5.97. The van der Waals surface area contributed by atoms with E-state index in [1.807, 2.05) is 23.9 Å². The number of ether oxygens (including phenoxy) is 1. The largest absolute Gasteiger partial charge is 0.507 e. The Balaban J connectivity index is 2.70. The van der Waals surface area contributed by atoms with Crippen molar-refractivity contribution in [3.05, 3.63) is 30.0 Å². The number of hydrogen-bond donors (Lipinski definition) is 1. The summed E-state index contributed by atoms with van der Waals surface area (Å²) in [4.78, 5) is 11.3. The zero-order valence-corrected chi connectivity index (χ0v) is 8.52. The molecule has 0 bridgehead atoms. The maximum absolute atomic E-state index is 11.3. The molecule has 0 radical (unpaired) electrons. The van der Waals surface area contributed by atoms with E-state index < -0.39 is 5.97 Å². The number of rotatable bonds is 1. The molecule has 0 aliphatic rings. The zero-order valence-electron chi connectivity index (χ0n) is 8.52. The summed E-state index contributed by atoms with van der Waals surface area (Å²) in [6.45, 7) is 0. The van der Waals surface area contributed by atoms with Gasteiger partial charge in [-0.2, -0.15) is 0 Å². The third-order valence-corrected chi connectivity index (χ3v) is 2.41. The molecule has 4 nitrogen and oxygen atoms in total. The van der Waals surface area contributed by atoms with E-state index in [0.717, 1.165) is 10.9 Å². The summed E-state index contributed by atoms with van der Waals surface area (Å²) in [5.41, 5.74) is 1.07. The molecular weight excluding hydrogens is 194 g/mol.